The molecule has 1 heterocycles. The fourth-order valence-electron chi connectivity index (χ4n) is 2.57. The number of para-hydroxylation sites is 2. The van der Waals surface area contributed by atoms with Gasteiger partial charge >= 0.3 is 12.0 Å². The minimum absolute atomic E-state index is 0.0841. The average Bonchev–Trinajstić information content (AvgIpc) is 3.18. The maximum atomic E-state index is 12.4. The summed E-state index contributed by atoms with van der Waals surface area (Å²) in [5.74, 6) is 0.616. The van der Waals surface area contributed by atoms with Gasteiger partial charge in [0.25, 0.3) is 0 Å². The minimum atomic E-state index is -3.44. The number of ether oxygens (including phenoxy) is 1. The predicted molar refractivity (Wildman–Crippen MR) is 112 cm³/mol. The van der Waals surface area contributed by atoms with Gasteiger partial charge in [0.15, 0.2) is 9.84 Å². The number of carbonyl (C=O) groups excluding carboxylic acids is 1. The number of urea groups is 1. The second-order valence-electron chi connectivity index (χ2n) is 6.54. The topological polar surface area (TPSA) is 123 Å². The van der Waals surface area contributed by atoms with Crippen molar-refractivity contribution < 1.29 is 22.4 Å². The lowest BCUT2D eigenvalue weighted by Crippen LogP contribution is -2.20. The number of sulfone groups is 1. The van der Waals surface area contributed by atoms with Crippen molar-refractivity contribution >= 4 is 27.6 Å². The quantitative estimate of drug-likeness (QED) is 0.581. The Morgan fingerprint density at radius 2 is 1.87 bits per heavy atom. The Hall–Kier alpha value is -3.40. The number of hydrogen-bond acceptors (Lipinski definition) is 7. The Balaban J connectivity index is 1.74. The summed E-state index contributed by atoms with van der Waals surface area (Å²) in [6.07, 6.45) is 0. The Labute approximate surface area is 174 Å². The number of nitrogens with one attached hydrogen (secondary N) is 2. The first-order chi connectivity index (χ1) is 14.3. The molecule has 10 heteroatoms. The summed E-state index contributed by atoms with van der Waals surface area (Å²) in [5, 5.41) is 12.2. The van der Waals surface area contributed by atoms with Gasteiger partial charge in [-0.05, 0) is 51.1 Å². The van der Waals surface area contributed by atoms with Crippen LogP contribution in [0, 0.1) is 0 Å². The van der Waals surface area contributed by atoms with Crippen LogP contribution in [0.5, 0.6) is 5.75 Å². The van der Waals surface area contributed by atoms with Gasteiger partial charge in [0.1, 0.15) is 5.75 Å². The van der Waals surface area contributed by atoms with E-state index in [-0.39, 0.29) is 16.8 Å². The van der Waals surface area contributed by atoms with Crippen molar-refractivity contribution in [2.24, 2.45) is 0 Å². The normalized spacial score (nSPS) is 11.3. The van der Waals surface area contributed by atoms with Crippen LogP contribution in [-0.4, -0.2) is 36.5 Å². The molecule has 0 atom stereocenters. The number of benzene rings is 2. The van der Waals surface area contributed by atoms with Gasteiger partial charge in [0, 0.05) is 5.56 Å². The van der Waals surface area contributed by atoms with Crippen LogP contribution in [-0.2, 0) is 9.84 Å². The zero-order valence-corrected chi connectivity index (χ0v) is 17.6. The van der Waals surface area contributed by atoms with E-state index in [1.54, 1.807) is 50.2 Å². The van der Waals surface area contributed by atoms with Crippen LogP contribution < -0.4 is 15.4 Å². The van der Waals surface area contributed by atoms with E-state index in [0.29, 0.717) is 23.6 Å². The van der Waals surface area contributed by atoms with Gasteiger partial charge in [-0.1, -0.05) is 23.3 Å². The van der Waals surface area contributed by atoms with E-state index in [2.05, 4.69) is 20.8 Å². The fraction of sp³-hybridized carbons (Fsp3) is 0.250. The molecule has 0 aliphatic heterocycles. The average molecular weight is 430 g/mol. The summed E-state index contributed by atoms with van der Waals surface area (Å²) < 4.78 is 35.7. The van der Waals surface area contributed by atoms with E-state index in [0.717, 1.165) is 0 Å². The highest BCUT2D eigenvalue weighted by Crippen LogP contribution is 2.26. The van der Waals surface area contributed by atoms with Crippen LogP contribution in [0.2, 0.25) is 0 Å². The van der Waals surface area contributed by atoms with Crippen LogP contribution in [0.3, 0.4) is 0 Å². The number of anilines is 2. The third kappa shape index (κ3) is 4.77. The van der Waals surface area contributed by atoms with E-state index in [4.69, 9.17) is 9.15 Å². The second kappa shape index (κ2) is 8.95. The number of amides is 2. The first-order valence-electron chi connectivity index (χ1n) is 9.29. The van der Waals surface area contributed by atoms with Crippen molar-refractivity contribution in [1.29, 1.82) is 0 Å². The van der Waals surface area contributed by atoms with Gasteiger partial charge in [0.05, 0.1) is 22.4 Å². The van der Waals surface area contributed by atoms with E-state index in [1.807, 2.05) is 6.92 Å². The zero-order valence-electron chi connectivity index (χ0n) is 16.7. The van der Waals surface area contributed by atoms with E-state index >= 15 is 0 Å². The Morgan fingerprint density at radius 3 is 2.60 bits per heavy atom. The molecule has 158 valence electrons. The maximum Gasteiger partial charge on any atom is 0.327 e. The number of carbonyl (C=O) groups is 1. The molecule has 1 aromatic heterocycles. The minimum Gasteiger partial charge on any atom is -0.492 e. The summed E-state index contributed by atoms with van der Waals surface area (Å²) >= 11 is 0. The molecule has 0 saturated carbocycles. The standard InChI is InChI=1S/C20H22N4O5S/c1-4-28-17-11-6-5-10-16(17)21-19(25)22-20-24-23-18(29-20)14-8-7-9-15(12-14)30(26,27)13(2)3/h5-13H,4H2,1-3H3,(H2,21,22,24,25). The molecule has 0 fully saturated rings. The van der Waals surface area contributed by atoms with Crippen molar-refractivity contribution in [3.63, 3.8) is 0 Å². The van der Waals surface area contributed by atoms with Crippen LogP contribution in [0.4, 0.5) is 16.5 Å². The van der Waals surface area contributed by atoms with Crippen molar-refractivity contribution in [3.8, 4) is 17.2 Å². The van der Waals surface area contributed by atoms with Gasteiger partial charge in [0.2, 0.25) is 5.89 Å². The summed E-state index contributed by atoms with van der Waals surface area (Å²) in [4.78, 5) is 12.4. The largest absolute Gasteiger partial charge is 0.492 e. The van der Waals surface area contributed by atoms with Crippen LogP contribution in [0.25, 0.3) is 11.5 Å². The van der Waals surface area contributed by atoms with Crippen LogP contribution in [0.1, 0.15) is 20.8 Å². The van der Waals surface area contributed by atoms with E-state index in [1.165, 1.54) is 12.1 Å². The van der Waals surface area contributed by atoms with Gasteiger partial charge in [-0.3, -0.25) is 5.32 Å². The fourth-order valence-corrected chi connectivity index (χ4v) is 3.67. The molecule has 30 heavy (non-hydrogen) atoms. The smallest absolute Gasteiger partial charge is 0.327 e. The van der Waals surface area contributed by atoms with Crippen molar-refractivity contribution in [1.82, 2.24) is 10.2 Å². The van der Waals surface area contributed by atoms with Gasteiger partial charge < -0.3 is 14.5 Å². The molecule has 2 aromatic carbocycles. The summed E-state index contributed by atoms with van der Waals surface area (Å²) in [7, 11) is -3.44. The van der Waals surface area contributed by atoms with Gasteiger partial charge in [-0.15, -0.1) is 5.10 Å². The first-order valence-corrected chi connectivity index (χ1v) is 10.8. The predicted octanol–water partition coefficient (Wildman–Crippen LogP) is 3.96. The highest BCUT2D eigenvalue weighted by Gasteiger charge is 2.21. The molecule has 0 aliphatic rings. The third-order valence-corrected chi connectivity index (χ3v) is 6.26. The number of rotatable bonds is 7. The monoisotopic (exact) mass is 430 g/mol. The van der Waals surface area contributed by atoms with E-state index < -0.39 is 21.1 Å². The Kier molecular flexibility index (Phi) is 6.36. The highest BCUT2D eigenvalue weighted by molar-refractivity contribution is 7.92. The second-order valence-corrected chi connectivity index (χ2v) is 9.05. The molecule has 0 unspecified atom stereocenters. The highest BCUT2D eigenvalue weighted by atomic mass is 32.2. The molecule has 0 aliphatic carbocycles. The summed E-state index contributed by atoms with van der Waals surface area (Å²) in [5.41, 5.74) is 0.919. The van der Waals surface area contributed by atoms with Crippen molar-refractivity contribution in [2.45, 2.75) is 30.9 Å². The molecular formula is C20H22N4O5S. The number of aromatic nitrogens is 2. The van der Waals surface area contributed by atoms with Gasteiger partial charge in [-0.2, -0.15) is 0 Å². The maximum absolute atomic E-state index is 12.4. The first kappa shape index (κ1) is 21.3. The lowest BCUT2D eigenvalue weighted by molar-refractivity contribution is 0.261. The lowest BCUT2D eigenvalue weighted by Gasteiger charge is -2.10. The lowest BCUT2D eigenvalue weighted by atomic mass is 10.2. The molecule has 3 aromatic rings. The van der Waals surface area contributed by atoms with Crippen LogP contribution >= 0.6 is 0 Å². The number of hydrogen-bond donors (Lipinski definition) is 2. The van der Waals surface area contributed by atoms with Crippen LogP contribution in [0.15, 0.2) is 57.8 Å². The Bertz CT molecular complexity index is 1140. The molecule has 0 bridgehead atoms. The van der Waals surface area contributed by atoms with E-state index in [9.17, 15) is 13.2 Å². The molecule has 2 N–H and O–H groups in total. The summed E-state index contributed by atoms with van der Waals surface area (Å²) in [6.45, 7) is 5.52. The molecular weight excluding hydrogens is 408 g/mol. The Morgan fingerprint density at radius 1 is 1.10 bits per heavy atom. The molecule has 0 saturated heterocycles. The number of nitrogens with zero attached hydrogens (tertiary/aromatic N) is 2. The molecule has 3 rings (SSSR count). The molecule has 2 amide bonds. The van der Waals surface area contributed by atoms with Crippen molar-refractivity contribution in [2.75, 3.05) is 17.2 Å². The summed E-state index contributed by atoms with van der Waals surface area (Å²) in [6, 6.07) is 12.5. The SMILES string of the molecule is CCOc1ccccc1NC(=O)Nc1nnc(-c2cccc(S(=O)(=O)C(C)C)c2)o1. The molecule has 0 radical (unpaired) electrons. The van der Waals surface area contributed by atoms with Crippen molar-refractivity contribution in [3.05, 3.63) is 48.5 Å². The third-order valence-electron chi connectivity index (χ3n) is 4.11. The zero-order chi connectivity index (χ0) is 21.7. The van der Waals surface area contributed by atoms with Gasteiger partial charge in [-0.25, -0.2) is 13.2 Å². The molecule has 9 nitrogen and oxygen atoms in total. The molecule has 0 spiro atoms.